The summed E-state index contributed by atoms with van der Waals surface area (Å²) in [6.07, 6.45) is 7.77. The molecule has 0 aromatic rings. The minimum atomic E-state index is -0.624. The fourth-order valence-corrected chi connectivity index (χ4v) is 3.51. The lowest BCUT2D eigenvalue weighted by Crippen LogP contribution is -2.42. The fourth-order valence-electron chi connectivity index (χ4n) is 3.51. The van der Waals surface area contributed by atoms with E-state index in [4.69, 9.17) is 5.11 Å². The molecular weight excluding hydrogens is 226 g/mol. The van der Waals surface area contributed by atoms with Crippen molar-refractivity contribution >= 4 is 5.97 Å². The maximum Gasteiger partial charge on any atom is 0.303 e. The van der Waals surface area contributed by atoms with Crippen molar-refractivity contribution in [1.82, 2.24) is 4.90 Å². The second kappa shape index (κ2) is 5.20. The molecule has 1 saturated heterocycles. The highest BCUT2D eigenvalue weighted by molar-refractivity contribution is 5.68. The van der Waals surface area contributed by atoms with Crippen molar-refractivity contribution in [3.63, 3.8) is 0 Å². The monoisotopic (exact) mass is 253 g/mol. The topological polar surface area (TPSA) is 40.5 Å². The minimum absolute atomic E-state index is 0.129. The Bertz CT molecular complexity index is 296. The molecule has 1 aliphatic heterocycles. The van der Waals surface area contributed by atoms with Gasteiger partial charge in [-0.2, -0.15) is 0 Å². The predicted octanol–water partition coefficient (Wildman–Crippen LogP) is 3.14. The lowest BCUT2D eigenvalue weighted by molar-refractivity contribution is -0.138. The van der Waals surface area contributed by atoms with Crippen LogP contribution in [0.1, 0.15) is 58.8 Å². The number of hydrogen-bond donors (Lipinski definition) is 1. The van der Waals surface area contributed by atoms with Gasteiger partial charge in [0.1, 0.15) is 0 Å². The maximum atomic E-state index is 10.9. The molecule has 0 aromatic heterocycles. The van der Waals surface area contributed by atoms with Crippen molar-refractivity contribution in [1.29, 1.82) is 0 Å². The van der Waals surface area contributed by atoms with Gasteiger partial charge < -0.3 is 10.0 Å². The molecule has 0 radical (unpaired) electrons. The molecule has 0 bridgehead atoms. The first-order valence-corrected chi connectivity index (χ1v) is 7.47. The summed E-state index contributed by atoms with van der Waals surface area (Å²) >= 11 is 0. The molecule has 2 fully saturated rings. The Morgan fingerprint density at radius 2 is 1.61 bits per heavy atom. The highest BCUT2D eigenvalue weighted by Crippen LogP contribution is 2.50. The summed E-state index contributed by atoms with van der Waals surface area (Å²) in [6.45, 7) is 7.98. The summed E-state index contributed by atoms with van der Waals surface area (Å²) in [4.78, 5) is 13.4. The SMILES string of the molecule is CCC1(CC)CCN(CC2(CC(=O)O)CC2)CC1. The second-order valence-electron chi connectivity index (χ2n) is 6.55. The Kier molecular flexibility index (Phi) is 4.00. The van der Waals surface area contributed by atoms with E-state index in [-0.39, 0.29) is 5.41 Å². The van der Waals surface area contributed by atoms with Crippen LogP contribution < -0.4 is 0 Å². The standard InChI is InChI=1S/C15H27NO2/c1-3-14(4-2)7-9-16(10-8-14)12-15(5-6-15)11-13(17)18/h3-12H2,1-2H3,(H,17,18). The van der Waals surface area contributed by atoms with Gasteiger partial charge in [-0.3, -0.25) is 4.79 Å². The Balaban J connectivity index is 1.82. The van der Waals surface area contributed by atoms with Gasteiger partial charge in [0.05, 0.1) is 6.42 Å². The van der Waals surface area contributed by atoms with E-state index in [2.05, 4.69) is 18.7 Å². The summed E-state index contributed by atoms with van der Waals surface area (Å²) in [5.41, 5.74) is 0.699. The van der Waals surface area contributed by atoms with Gasteiger partial charge in [-0.25, -0.2) is 0 Å². The van der Waals surface area contributed by atoms with Gasteiger partial charge in [0.2, 0.25) is 0 Å². The van der Waals surface area contributed by atoms with Crippen molar-refractivity contribution in [3.05, 3.63) is 0 Å². The number of nitrogens with zero attached hydrogens (tertiary/aromatic N) is 1. The zero-order chi connectivity index (χ0) is 13.2. The molecule has 0 amide bonds. The third-order valence-electron chi connectivity index (χ3n) is 5.46. The molecule has 1 aliphatic carbocycles. The average molecular weight is 253 g/mol. The van der Waals surface area contributed by atoms with Crippen LogP contribution in [0.3, 0.4) is 0 Å². The van der Waals surface area contributed by atoms with E-state index in [9.17, 15) is 4.79 Å². The summed E-state index contributed by atoms with van der Waals surface area (Å²) in [6, 6.07) is 0. The van der Waals surface area contributed by atoms with Crippen molar-refractivity contribution < 1.29 is 9.90 Å². The number of carboxylic acids is 1. The molecule has 1 N–H and O–H groups in total. The van der Waals surface area contributed by atoms with E-state index >= 15 is 0 Å². The molecule has 0 unspecified atom stereocenters. The molecule has 3 heteroatoms. The number of aliphatic carboxylic acids is 1. The molecule has 1 heterocycles. The molecule has 104 valence electrons. The number of hydrogen-bond acceptors (Lipinski definition) is 2. The highest BCUT2D eigenvalue weighted by atomic mass is 16.4. The number of carboxylic acid groups (broad SMARTS) is 1. The van der Waals surface area contributed by atoms with Crippen LogP contribution in [0.15, 0.2) is 0 Å². The molecule has 0 atom stereocenters. The summed E-state index contributed by atoms with van der Waals surface area (Å²) in [5.74, 6) is -0.624. The van der Waals surface area contributed by atoms with Gasteiger partial charge in [0.25, 0.3) is 0 Å². The first-order valence-electron chi connectivity index (χ1n) is 7.47. The highest BCUT2D eigenvalue weighted by Gasteiger charge is 2.46. The van der Waals surface area contributed by atoms with Crippen LogP contribution in [0.5, 0.6) is 0 Å². The Morgan fingerprint density at radius 1 is 1.06 bits per heavy atom. The zero-order valence-electron chi connectivity index (χ0n) is 11.9. The van der Waals surface area contributed by atoms with E-state index < -0.39 is 5.97 Å². The van der Waals surface area contributed by atoms with Crippen LogP contribution in [-0.2, 0) is 4.79 Å². The van der Waals surface area contributed by atoms with Gasteiger partial charge in [-0.05, 0) is 49.6 Å². The Hall–Kier alpha value is -0.570. The number of piperidine rings is 1. The minimum Gasteiger partial charge on any atom is -0.481 e. The first kappa shape index (κ1) is 13.9. The predicted molar refractivity (Wildman–Crippen MR) is 72.6 cm³/mol. The summed E-state index contributed by atoms with van der Waals surface area (Å²) in [5, 5.41) is 8.96. The largest absolute Gasteiger partial charge is 0.481 e. The number of rotatable bonds is 6. The van der Waals surface area contributed by atoms with E-state index in [1.54, 1.807) is 0 Å². The normalized spacial score (nSPS) is 25.9. The van der Waals surface area contributed by atoms with Crippen molar-refractivity contribution in [2.45, 2.75) is 58.8 Å². The third kappa shape index (κ3) is 3.05. The zero-order valence-corrected chi connectivity index (χ0v) is 11.9. The van der Waals surface area contributed by atoms with Crippen molar-refractivity contribution in [3.8, 4) is 0 Å². The number of likely N-dealkylation sites (tertiary alicyclic amines) is 1. The molecular formula is C15H27NO2. The van der Waals surface area contributed by atoms with E-state index in [1.807, 2.05) is 0 Å². The molecule has 2 rings (SSSR count). The first-order chi connectivity index (χ1) is 8.53. The molecule has 0 spiro atoms. The second-order valence-corrected chi connectivity index (χ2v) is 6.55. The van der Waals surface area contributed by atoms with E-state index in [0.29, 0.717) is 11.8 Å². The van der Waals surface area contributed by atoms with Gasteiger partial charge >= 0.3 is 5.97 Å². The summed E-state index contributed by atoms with van der Waals surface area (Å²) in [7, 11) is 0. The van der Waals surface area contributed by atoms with Gasteiger partial charge in [0.15, 0.2) is 0 Å². The smallest absolute Gasteiger partial charge is 0.303 e. The van der Waals surface area contributed by atoms with E-state index in [0.717, 1.165) is 19.4 Å². The molecule has 2 aliphatic rings. The molecule has 3 nitrogen and oxygen atoms in total. The molecule has 18 heavy (non-hydrogen) atoms. The number of carbonyl (C=O) groups is 1. The average Bonchev–Trinajstić information content (AvgIpc) is 3.09. The fraction of sp³-hybridized carbons (Fsp3) is 0.933. The quantitative estimate of drug-likeness (QED) is 0.790. The van der Waals surface area contributed by atoms with E-state index in [1.165, 1.54) is 38.8 Å². The van der Waals surface area contributed by atoms with Crippen molar-refractivity contribution in [2.75, 3.05) is 19.6 Å². The van der Waals surface area contributed by atoms with Crippen LogP contribution in [0, 0.1) is 10.8 Å². The lowest BCUT2D eigenvalue weighted by atomic mass is 9.74. The van der Waals surface area contributed by atoms with Crippen LogP contribution in [0.25, 0.3) is 0 Å². The lowest BCUT2D eigenvalue weighted by Gasteiger charge is -2.42. The third-order valence-corrected chi connectivity index (χ3v) is 5.46. The van der Waals surface area contributed by atoms with Gasteiger partial charge in [0, 0.05) is 6.54 Å². The van der Waals surface area contributed by atoms with Gasteiger partial charge in [-0.1, -0.05) is 26.7 Å². The van der Waals surface area contributed by atoms with Crippen LogP contribution in [0.2, 0.25) is 0 Å². The van der Waals surface area contributed by atoms with Crippen molar-refractivity contribution in [2.24, 2.45) is 10.8 Å². The maximum absolute atomic E-state index is 10.9. The Morgan fingerprint density at radius 3 is 2.00 bits per heavy atom. The van der Waals surface area contributed by atoms with Gasteiger partial charge in [-0.15, -0.1) is 0 Å². The summed E-state index contributed by atoms with van der Waals surface area (Å²) < 4.78 is 0. The van der Waals surface area contributed by atoms with Crippen LogP contribution >= 0.6 is 0 Å². The molecule has 0 aromatic carbocycles. The van der Waals surface area contributed by atoms with Crippen LogP contribution in [0.4, 0.5) is 0 Å². The van der Waals surface area contributed by atoms with Crippen LogP contribution in [-0.4, -0.2) is 35.6 Å². The Labute approximate surface area is 111 Å². The molecule has 1 saturated carbocycles.